The lowest BCUT2D eigenvalue weighted by Crippen LogP contribution is -2.43. The Morgan fingerprint density at radius 2 is 1.72 bits per heavy atom. The van der Waals surface area contributed by atoms with Gasteiger partial charge >= 0.3 is 5.97 Å². The Bertz CT molecular complexity index is 1240. The van der Waals surface area contributed by atoms with Gasteiger partial charge in [-0.2, -0.15) is 0 Å². The van der Waals surface area contributed by atoms with Gasteiger partial charge in [-0.15, -0.1) is 0 Å². The second-order valence-corrected chi connectivity index (χ2v) is 12.1. The Kier molecular flexibility index (Phi) is 10.2. The summed E-state index contributed by atoms with van der Waals surface area (Å²) in [6, 6.07) is 10.7. The number of hydrogen-bond donors (Lipinski definition) is 6. The summed E-state index contributed by atoms with van der Waals surface area (Å²) in [5.74, 6) is -1.54. The molecule has 2 aromatic carbocycles. The molecule has 3 rings (SSSR count). The molecule has 0 saturated carbocycles. The molecule has 0 bridgehead atoms. The van der Waals surface area contributed by atoms with Crippen LogP contribution in [-0.4, -0.2) is 73.6 Å². The summed E-state index contributed by atoms with van der Waals surface area (Å²) >= 11 is 0. The van der Waals surface area contributed by atoms with Crippen molar-refractivity contribution in [1.29, 1.82) is 0 Å². The van der Waals surface area contributed by atoms with E-state index in [2.05, 4.69) is 20.3 Å². The number of benzene rings is 2. The number of carboxylic acids is 1. The molecule has 6 N–H and O–H groups in total. The van der Waals surface area contributed by atoms with Crippen LogP contribution in [0.4, 0.5) is 11.4 Å². The van der Waals surface area contributed by atoms with Crippen molar-refractivity contribution in [2.75, 3.05) is 35.5 Å². The fourth-order valence-corrected chi connectivity index (χ4v) is 5.10. The van der Waals surface area contributed by atoms with Crippen LogP contribution in [0.25, 0.3) is 0 Å². The zero-order valence-corrected chi connectivity index (χ0v) is 23.2. The molecule has 1 aliphatic rings. The molecule has 214 valence electrons. The topological polar surface area (TPSA) is 168 Å². The van der Waals surface area contributed by atoms with Gasteiger partial charge in [0, 0.05) is 36.9 Å². The minimum atomic E-state index is -3.57. The van der Waals surface area contributed by atoms with Gasteiger partial charge in [0.1, 0.15) is 11.8 Å². The Morgan fingerprint density at radius 3 is 2.28 bits per heavy atom. The normalized spacial score (nSPS) is 16.1. The molecule has 2 atom stereocenters. The third kappa shape index (κ3) is 9.12. The summed E-state index contributed by atoms with van der Waals surface area (Å²) in [6.07, 6.45) is 2.13. The number of aliphatic carboxylic acids is 1. The summed E-state index contributed by atoms with van der Waals surface area (Å²) in [5, 5.41) is 35.8. The molecular weight excluding hydrogens is 524 g/mol. The van der Waals surface area contributed by atoms with E-state index < -0.39 is 34.0 Å². The maximum Gasteiger partial charge on any atom is 0.326 e. The van der Waals surface area contributed by atoms with Crippen LogP contribution >= 0.6 is 0 Å². The van der Waals surface area contributed by atoms with Crippen LogP contribution in [0.3, 0.4) is 0 Å². The zero-order valence-electron chi connectivity index (χ0n) is 22.4. The average Bonchev–Trinajstić information content (AvgIpc) is 2.87. The minimum absolute atomic E-state index is 0.0168. The van der Waals surface area contributed by atoms with E-state index in [1.54, 1.807) is 18.2 Å². The van der Waals surface area contributed by atoms with Crippen LogP contribution < -0.4 is 20.3 Å². The standard InChI is InChI=1S/C27H38N4O7S/c1-17(2)14-23(27(35)36)29-26(34)18-4-7-21(8-5-18)31-12-10-20(11-13-31)28-16-25(33)19-6-9-24(32)22(15-19)30-39(3,37)38/h4-9,15,17,20,23,25,28,30,32-33H,10-14,16H2,1-3H3,(H,29,34)(H,35,36)/t23-,25?/m0/s1. The maximum atomic E-state index is 12.5. The second-order valence-electron chi connectivity index (χ2n) is 10.4. The number of phenols is 1. The van der Waals surface area contributed by atoms with Crippen LogP contribution in [-0.2, 0) is 14.8 Å². The van der Waals surface area contributed by atoms with Gasteiger partial charge in [0.05, 0.1) is 18.0 Å². The SMILES string of the molecule is CC(C)C[C@H](NC(=O)c1ccc(N2CCC(NCC(O)c3ccc(O)c(NS(C)(=O)=O)c3)CC2)cc1)C(=O)O. The molecule has 0 aromatic heterocycles. The zero-order chi connectivity index (χ0) is 28.7. The Hall–Kier alpha value is -3.35. The molecule has 1 aliphatic heterocycles. The first-order valence-electron chi connectivity index (χ1n) is 12.9. The highest BCUT2D eigenvalue weighted by Gasteiger charge is 2.23. The predicted octanol–water partition coefficient (Wildman–Crippen LogP) is 2.28. The number of rotatable bonds is 12. The number of amides is 1. The molecule has 11 nitrogen and oxygen atoms in total. The fourth-order valence-electron chi connectivity index (χ4n) is 4.54. The van der Waals surface area contributed by atoms with Crippen molar-refractivity contribution >= 4 is 33.3 Å². The molecule has 1 amide bonds. The number of aromatic hydroxyl groups is 1. The van der Waals surface area contributed by atoms with Crippen molar-refractivity contribution < 1.29 is 33.3 Å². The summed E-state index contributed by atoms with van der Waals surface area (Å²) in [7, 11) is -3.57. The summed E-state index contributed by atoms with van der Waals surface area (Å²) in [5.41, 5.74) is 1.87. The number of carboxylic acid groups (broad SMARTS) is 1. The van der Waals surface area contributed by atoms with Crippen molar-refractivity contribution in [3.05, 3.63) is 53.6 Å². The fraction of sp³-hybridized carbons (Fsp3) is 0.481. The van der Waals surface area contributed by atoms with Crippen molar-refractivity contribution in [3.63, 3.8) is 0 Å². The summed E-state index contributed by atoms with van der Waals surface area (Å²) in [6.45, 7) is 5.63. The van der Waals surface area contributed by atoms with E-state index in [9.17, 15) is 33.3 Å². The van der Waals surface area contributed by atoms with Gasteiger partial charge < -0.3 is 30.9 Å². The van der Waals surface area contributed by atoms with Gasteiger partial charge in [-0.25, -0.2) is 13.2 Å². The number of sulfonamides is 1. The van der Waals surface area contributed by atoms with Gasteiger partial charge in [-0.05, 0) is 67.1 Å². The number of aliphatic hydroxyl groups excluding tert-OH is 1. The first-order valence-corrected chi connectivity index (χ1v) is 14.8. The number of anilines is 2. The van der Waals surface area contributed by atoms with Crippen LogP contribution in [0.2, 0.25) is 0 Å². The monoisotopic (exact) mass is 562 g/mol. The third-order valence-electron chi connectivity index (χ3n) is 6.60. The van der Waals surface area contributed by atoms with Crippen LogP contribution in [0.15, 0.2) is 42.5 Å². The van der Waals surface area contributed by atoms with Gasteiger partial charge in [0.2, 0.25) is 10.0 Å². The minimum Gasteiger partial charge on any atom is -0.506 e. The Morgan fingerprint density at radius 1 is 1.08 bits per heavy atom. The number of aliphatic hydroxyl groups is 1. The maximum absolute atomic E-state index is 12.5. The first kappa shape index (κ1) is 30.2. The number of nitrogens with one attached hydrogen (secondary N) is 3. The van der Waals surface area contributed by atoms with Crippen molar-refractivity contribution in [2.45, 2.75) is 51.3 Å². The molecule has 0 aliphatic carbocycles. The number of phenolic OH excluding ortho intramolecular Hbond substituents is 1. The lowest BCUT2D eigenvalue weighted by Gasteiger charge is -2.34. The molecule has 39 heavy (non-hydrogen) atoms. The summed E-state index contributed by atoms with van der Waals surface area (Å²) < 4.78 is 25.2. The van der Waals surface area contributed by atoms with Crippen molar-refractivity contribution in [2.24, 2.45) is 5.92 Å². The van der Waals surface area contributed by atoms with Crippen LogP contribution in [0.1, 0.15) is 55.1 Å². The largest absolute Gasteiger partial charge is 0.506 e. The summed E-state index contributed by atoms with van der Waals surface area (Å²) in [4.78, 5) is 26.2. The molecule has 1 unspecified atom stereocenters. The number of piperidine rings is 1. The molecule has 1 heterocycles. The van der Waals surface area contributed by atoms with Crippen LogP contribution in [0, 0.1) is 5.92 Å². The molecule has 0 radical (unpaired) electrons. The van der Waals surface area contributed by atoms with E-state index in [1.165, 1.54) is 12.1 Å². The third-order valence-corrected chi connectivity index (χ3v) is 7.19. The van der Waals surface area contributed by atoms with E-state index >= 15 is 0 Å². The number of carbonyl (C=O) groups is 2. The highest BCUT2D eigenvalue weighted by Crippen LogP contribution is 2.28. The number of carbonyl (C=O) groups excluding carboxylic acids is 1. The molecular formula is C27H38N4O7S. The van der Waals surface area contributed by atoms with Gasteiger partial charge in [-0.3, -0.25) is 9.52 Å². The van der Waals surface area contributed by atoms with Gasteiger partial charge in [0.25, 0.3) is 5.91 Å². The Labute approximate surface area is 229 Å². The molecule has 1 saturated heterocycles. The van der Waals surface area contributed by atoms with Crippen LogP contribution in [0.5, 0.6) is 5.75 Å². The van der Waals surface area contributed by atoms with E-state index in [0.29, 0.717) is 17.5 Å². The smallest absolute Gasteiger partial charge is 0.326 e. The lowest BCUT2D eigenvalue weighted by atomic mass is 10.0. The van der Waals surface area contributed by atoms with E-state index in [4.69, 9.17) is 0 Å². The molecule has 0 spiro atoms. The molecule has 1 fully saturated rings. The lowest BCUT2D eigenvalue weighted by molar-refractivity contribution is -0.139. The van der Waals surface area contributed by atoms with Gasteiger partial charge in [-0.1, -0.05) is 19.9 Å². The quantitative estimate of drug-likeness (QED) is 0.213. The molecule has 12 heteroatoms. The highest BCUT2D eigenvalue weighted by molar-refractivity contribution is 7.92. The number of hydrogen-bond acceptors (Lipinski definition) is 8. The van der Waals surface area contributed by atoms with Crippen molar-refractivity contribution in [3.8, 4) is 5.75 Å². The van der Waals surface area contributed by atoms with Gasteiger partial charge in [0.15, 0.2) is 0 Å². The number of nitrogens with zero attached hydrogens (tertiary/aromatic N) is 1. The molecule has 2 aromatic rings. The second kappa shape index (κ2) is 13.1. The Balaban J connectivity index is 1.49. The average molecular weight is 563 g/mol. The highest BCUT2D eigenvalue weighted by atomic mass is 32.2. The van der Waals surface area contributed by atoms with E-state index in [-0.39, 0.29) is 29.9 Å². The van der Waals surface area contributed by atoms with E-state index in [1.807, 2.05) is 26.0 Å². The van der Waals surface area contributed by atoms with Crippen molar-refractivity contribution in [1.82, 2.24) is 10.6 Å². The first-order chi connectivity index (χ1) is 18.3. The predicted molar refractivity (Wildman–Crippen MR) is 150 cm³/mol. The van der Waals surface area contributed by atoms with E-state index in [0.717, 1.165) is 37.9 Å².